The number of aliphatic hydroxyl groups is 1. The maximum absolute atomic E-state index is 10.2. The van der Waals surface area contributed by atoms with Gasteiger partial charge in [0.25, 0.3) is 0 Å². The van der Waals surface area contributed by atoms with E-state index in [-0.39, 0.29) is 11.5 Å². The summed E-state index contributed by atoms with van der Waals surface area (Å²) in [6.07, 6.45) is 7.56. The molecule has 2 rings (SSSR count). The van der Waals surface area contributed by atoms with E-state index in [9.17, 15) is 5.11 Å². The molecule has 2 N–H and O–H groups in total. The number of imidazole rings is 1. The van der Waals surface area contributed by atoms with Gasteiger partial charge in [0.05, 0.1) is 6.10 Å². The van der Waals surface area contributed by atoms with E-state index < -0.39 is 0 Å². The minimum absolute atomic E-state index is 0.256. The molecular formula is C12H20N2O. The van der Waals surface area contributed by atoms with Crippen LogP contribution in [0.4, 0.5) is 0 Å². The second-order valence-corrected chi connectivity index (χ2v) is 5.29. The highest BCUT2D eigenvalue weighted by Gasteiger charge is 2.38. The molecule has 1 heterocycles. The van der Waals surface area contributed by atoms with Crippen molar-refractivity contribution in [3.8, 4) is 0 Å². The molecule has 2 unspecified atom stereocenters. The average molecular weight is 208 g/mol. The molecule has 0 bridgehead atoms. The number of aliphatic hydroxyl groups excluding tert-OH is 1. The van der Waals surface area contributed by atoms with Gasteiger partial charge >= 0.3 is 0 Å². The van der Waals surface area contributed by atoms with E-state index in [1.807, 2.05) is 6.20 Å². The lowest BCUT2D eigenvalue weighted by Gasteiger charge is -2.30. The van der Waals surface area contributed by atoms with Gasteiger partial charge in [0.1, 0.15) is 5.82 Å². The summed E-state index contributed by atoms with van der Waals surface area (Å²) < 4.78 is 0. The Morgan fingerprint density at radius 1 is 1.67 bits per heavy atom. The first-order valence-corrected chi connectivity index (χ1v) is 5.76. The maximum atomic E-state index is 10.2. The van der Waals surface area contributed by atoms with Crippen LogP contribution in [0.3, 0.4) is 0 Å². The summed E-state index contributed by atoms with van der Waals surface area (Å²) in [5.41, 5.74) is 0.284. The van der Waals surface area contributed by atoms with Crippen LogP contribution in [0.5, 0.6) is 0 Å². The first-order valence-electron chi connectivity index (χ1n) is 5.76. The summed E-state index contributed by atoms with van der Waals surface area (Å²) in [6, 6.07) is 0. The summed E-state index contributed by atoms with van der Waals surface area (Å²) in [4.78, 5) is 7.21. The first kappa shape index (κ1) is 10.7. The Morgan fingerprint density at radius 2 is 2.47 bits per heavy atom. The monoisotopic (exact) mass is 208 g/mol. The molecule has 0 saturated heterocycles. The molecule has 3 nitrogen and oxygen atoms in total. The number of hydrogen-bond donors (Lipinski definition) is 2. The Balaban J connectivity index is 1.99. The van der Waals surface area contributed by atoms with E-state index in [0.29, 0.717) is 12.3 Å². The van der Waals surface area contributed by atoms with Gasteiger partial charge in [0.2, 0.25) is 0 Å². The second kappa shape index (κ2) is 3.97. The first-order chi connectivity index (χ1) is 7.09. The quantitative estimate of drug-likeness (QED) is 0.799. The fourth-order valence-corrected chi connectivity index (χ4v) is 2.82. The van der Waals surface area contributed by atoms with Crippen molar-refractivity contribution in [2.75, 3.05) is 0 Å². The lowest BCUT2D eigenvalue weighted by Crippen LogP contribution is -2.31. The third-order valence-corrected chi connectivity index (χ3v) is 3.76. The molecular weight excluding hydrogens is 188 g/mol. The van der Waals surface area contributed by atoms with Crippen LogP contribution in [0.15, 0.2) is 12.4 Å². The molecule has 0 spiro atoms. The molecule has 1 aromatic rings. The zero-order valence-electron chi connectivity index (χ0n) is 9.53. The summed E-state index contributed by atoms with van der Waals surface area (Å²) in [5.74, 6) is 1.31. The Morgan fingerprint density at radius 3 is 3.00 bits per heavy atom. The van der Waals surface area contributed by atoms with Crippen LogP contribution in [0, 0.1) is 11.3 Å². The molecule has 15 heavy (non-hydrogen) atoms. The van der Waals surface area contributed by atoms with Gasteiger partial charge in [-0.15, -0.1) is 0 Å². The minimum Gasteiger partial charge on any atom is -0.392 e. The van der Waals surface area contributed by atoms with E-state index in [1.54, 1.807) is 6.20 Å². The molecule has 3 heteroatoms. The number of H-pyrrole nitrogens is 1. The van der Waals surface area contributed by atoms with Crippen molar-refractivity contribution in [3.05, 3.63) is 18.2 Å². The van der Waals surface area contributed by atoms with Gasteiger partial charge in [0, 0.05) is 18.8 Å². The summed E-state index contributed by atoms with van der Waals surface area (Å²) in [6.45, 7) is 4.52. The van der Waals surface area contributed by atoms with Gasteiger partial charge < -0.3 is 10.1 Å². The normalized spacial score (nSPS) is 26.7. The summed E-state index contributed by atoms with van der Waals surface area (Å²) in [7, 11) is 0. The van der Waals surface area contributed by atoms with Gasteiger partial charge in [-0.2, -0.15) is 0 Å². The molecule has 1 saturated carbocycles. The van der Waals surface area contributed by atoms with Crippen molar-refractivity contribution in [1.29, 1.82) is 0 Å². The molecule has 0 aromatic carbocycles. The molecule has 0 aliphatic heterocycles. The third kappa shape index (κ3) is 2.23. The lowest BCUT2D eigenvalue weighted by molar-refractivity contribution is 0.0530. The highest BCUT2D eigenvalue weighted by atomic mass is 16.3. The maximum Gasteiger partial charge on any atom is 0.108 e. The van der Waals surface area contributed by atoms with E-state index in [4.69, 9.17) is 0 Å². The Hall–Kier alpha value is -0.830. The highest BCUT2D eigenvalue weighted by Crippen LogP contribution is 2.44. The van der Waals surface area contributed by atoms with E-state index >= 15 is 0 Å². The Labute approximate surface area is 90.9 Å². The number of aromatic amines is 1. The fourth-order valence-electron chi connectivity index (χ4n) is 2.82. The molecule has 2 atom stereocenters. The van der Waals surface area contributed by atoms with Crippen molar-refractivity contribution in [1.82, 2.24) is 9.97 Å². The molecule has 1 aliphatic carbocycles. The number of aromatic nitrogens is 2. The largest absolute Gasteiger partial charge is 0.392 e. The predicted octanol–water partition coefficient (Wildman–Crippen LogP) is 2.14. The number of nitrogens with zero attached hydrogens (tertiary/aromatic N) is 1. The van der Waals surface area contributed by atoms with Crippen LogP contribution in [-0.2, 0) is 6.42 Å². The summed E-state index contributed by atoms with van der Waals surface area (Å²) >= 11 is 0. The highest BCUT2D eigenvalue weighted by molar-refractivity contribution is 4.95. The van der Waals surface area contributed by atoms with Crippen LogP contribution in [0.1, 0.15) is 38.9 Å². The zero-order valence-corrected chi connectivity index (χ0v) is 9.53. The molecule has 84 valence electrons. The second-order valence-electron chi connectivity index (χ2n) is 5.29. The van der Waals surface area contributed by atoms with E-state index in [0.717, 1.165) is 12.2 Å². The SMILES string of the molecule is CC1(C)CCCC1C(O)Cc1ncc[nH]1. The topological polar surface area (TPSA) is 48.9 Å². The molecule has 1 aromatic heterocycles. The van der Waals surface area contributed by atoms with Gasteiger partial charge in [-0.25, -0.2) is 4.98 Å². The van der Waals surface area contributed by atoms with Gasteiger partial charge in [-0.3, -0.25) is 0 Å². The van der Waals surface area contributed by atoms with Crippen LogP contribution < -0.4 is 0 Å². The standard InChI is InChI=1S/C12H20N2O/c1-12(2)5-3-4-9(12)10(15)8-11-13-6-7-14-11/h6-7,9-10,15H,3-5,8H2,1-2H3,(H,13,14). The fraction of sp³-hybridized carbons (Fsp3) is 0.750. The zero-order chi connectivity index (χ0) is 10.9. The van der Waals surface area contributed by atoms with Crippen LogP contribution >= 0.6 is 0 Å². The third-order valence-electron chi connectivity index (χ3n) is 3.76. The molecule has 0 amide bonds. The van der Waals surface area contributed by atoms with Gasteiger partial charge in [-0.1, -0.05) is 20.3 Å². The Bertz CT molecular complexity index is 305. The summed E-state index contributed by atoms with van der Waals surface area (Å²) in [5, 5.41) is 10.2. The Kier molecular flexibility index (Phi) is 2.83. The van der Waals surface area contributed by atoms with Crippen LogP contribution in [-0.4, -0.2) is 21.2 Å². The molecule has 1 fully saturated rings. The van der Waals surface area contributed by atoms with Crippen molar-refractivity contribution in [2.24, 2.45) is 11.3 Å². The average Bonchev–Trinajstić information content (AvgIpc) is 2.73. The number of rotatable bonds is 3. The predicted molar refractivity (Wildman–Crippen MR) is 59.4 cm³/mol. The molecule has 0 radical (unpaired) electrons. The van der Waals surface area contributed by atoms with Crippen molar-refractivity contribution >= 4 is 0 Å². The lowest BCUT2D eigenvalue weighted by atomic mass is 9.78. The van der Waals surface area contributed by atoms with Crippen molar-refractivity contribution < 1.29 is 5.11 Å². The van der Waals surface area contributed by atoms with E-state index in [1.165, 1.54) is 12.8 Å². The number of nitrogens with one attached hydrogen (secondary N) is 1. The number of hydrogen-bond acceptors (Lipinski definition) is 2. The smallest absolute Gasteiger partial charge is 0.108 e. The van der Waals surface area contributed by atoms with Gasteiger partial charge in [0.15, 0.2) is 0 Å². The van der Waals surface area contributed by atoms with Crippen molar-refractivity contribution in [3.63, 3.8) is 0 Å². The minimum atomic E-state index is -0.256. The van der Waals surface area contributed by atoms with Crippen LogP contribution in [0.2, 0.25) is 0 Å². The van der Waals surface area contributed by atoms with E-state index in [2.05, 4.69) is 23.8 Å². The van der Waals surface area contributed by atoms with Crippen molar-refractivity contribution in [2.45, 2.75) is 45.6 Å². The van der Waals surface area contributed by atoms with Crippen LogP contribution in [0.25, 0.3) is 0 Å². The molecule has 1 aliphatic rings. The van der Waals surface area contributed by atoms with Gasteiger partial charge in [-0.05, 0) is 24.2 Å².